The summed E-state index contributed by atoms with van der Waals surface area (Å²) in [6.45, 7) is 0.678. The molecule has 1 amide bonds. The molecule has 0 unspecified atom stereocenters. The first-order valence-corrected chi connectivity index (χ1v) is 6.76. The second-order valence-electron chi connectivity index (χ2n) is 5.52. The fraction of sp³-hybridized carbons (Fsp3) is 0.571. The SMILES string of the molecule is O=C(O)c1ccc(C(=O)NCC(C2CC2)C2CC2)o1. The molecule has 1 aromatic rings. The zero-order valence-electron chi connectivity index (χ0n) is 10.6. The van der Waals surface area contributed by atoms with E-state index >= 15 is 0 Å². The molecular weight excluding hydrogens is 246 g/mol. The first-order valence-electron chi connectivity index (χ1n) is 6.76. The van der Waals surface area contributed by atoms with Gasteiger partial charge in [-0.05, 0) is 55.6 Å². The summed E-state index contributed by atoms with van der Waals surface area (Å²) >= 11 is 0. The van der Waals surface area contributed by atoms with E-state index in [1.165, 1.54) is 37.8 Å². The Balaban J connectivity index is 1.56. The third kappa shape index (κ3) is 2.80. The lowest BCUT2D eigenvalue weighted by atomic mass is 9.98. The fourth-order valence-corrected chi connectivity index (χ4v) is 2.64. The summed E-state index contributed by atoms with van der Waals surface area (Å²) < 4.78 is 4.98. The molecule has 0 atom stereocenters. The minimum absolute atomic E-state index is 0.0720. The van der Waals surface area contributed by atoms with Crippen molar-refractivity contribution >= 4 is 11.9 Å². The van der Waals surface area contributed by atoms with Gasteiger partial charge in [-0.3, -0.25) is 4.79 Å². The molecule has 5 nitrogen and oxygen atoms in total. The van der Waals surface area contributed by atoms with Gasteiger partial charge in [-0.1, -0.05) is 0 Å². The Morgan fingerprint density at radius 2 is 1.79 bits per heavy atom. The molecule has 0 bridgehead atoms. The number of hydrogen-bond donors (Lipinski definition) is 2. The van der Waals surface area contributed by atoms with Crippen molar-refractivity contribution in [3.05, 3.63) is 23.7 Å². The van der Waals surface area contributed by atoms with E-state index in [2.05, 4.69) is 5.32 Å². The third-order valence-corrected chi connectivity index (χ3v) is 3.99. The number of rotatable bonds is 6. The van der Waals surface area contributed by atoms with Gasteiger partial charge in [0.05, 0.1) is 0 Å². The molecule has 2 aliphatic carbocycles. The number of carbonyl (C=O) groups excluding carboxylic acids is 1. The van der Waals surface area contributed by atoms with Gasteiger partial charge in [0.2, 0.25) is 5.76 Å². The van der Waals surface area contributed by atoms with Gasteiger partial charge in [0.25, 0.3) is 5.91 Å². The van der Waals surface area contributed by atoms with Crippen molar-refractivity contribution in [3.63, 3.8) is 0 Å². The van der Waals surface area contributed by atoms with Gasteiger partial charge in [-0.2, -0.15) is 0 Å². The summed E-state index contributed by atoms with van der Waals surface area (Å²) in [5, 5.41) is 11.6. The normalized spacial score (nSPS) is 18.6. The van der Waals surface area contributed by atoms with Crippen molar-refractivity contribution in [2.75, 3.05) is 6.54 Å². The van der Waals surface area contributed by atoms with Crippen LogP contribution in [0.1, 0.15) is 46.8 Å². The summed E-state index contributed by atoms with van der Waals surface area (Å²) in [5.74, 6) is 0.538. The minimum Gasteiger partial charge on any atom is -0.475 e. The standard InChI is InChI=1S/C14H17NO4/c16-13(11-5-6-12(19-11)14(17)18)15-7-10(8-1-2-8)9-3-4-9/h5-6,8-10H,1-4,7H2,(H,15,16)(H,17,18). The highest BCUT2D eigenvalue weighted by Gasteiger charge is 2.41. The number of hydrogen-bond acceptors (Lipinski definition) is 3. The van der Waals surface area contributed by atoms with Crippen molar-refractivity contribution in [1.82, 2.24) is 5.32 Å². The number of nitrogens with one attached hydrogen (secondary N) is 1. The quantitative estimate of drug-likeness (QED) is 0.824. The smallest absolute Gasteiger partial charge is 0.371 e. The van der Waals surface area contributed by atoms with Crippen LogP contribution in [-0.2, 0) is 0 Å². The van der Waals surface area contributed by atoms with Crippen LogP contribution in [0.15, 0.2) is 16.5 Å². The minimum atomic E-state index is -1.16. The fourth-order valence-electron chi connectivity index (χ4n) is 2.64. The predicted octanol–water partition coefficient (Wildman–Crippen LogP) is 2.14. The summed E-state index contributed by atoms with van der Waals surface area (Å²) in [7, 11) is 0. The number of amides is 1. The lowest BCUT2D eigenvalue weighted by molar-refractivity contribution is 0.0659. The number of aromatic carboxylic acids is 1. The van der Waals surface area contributed by atoms with Crippen molar-refractivity contribution in [2.45, 2.75) is 25.7 Å². The van der Waals surface area contributed by atoms with Gasteiger partial charge in [-0.25, -0.2) is 4.79 Å². The molecule has 5 heteroatoms. The largest absolute Gasteiger partial charge is 0.475 e. The van der Waals surface area contributed by atoms with Crippen LogP contribution in [0.3, 0.4) is 0 Å². The van der Waals surface area contributed by atoms with Gasteiger partial charge in [0.1, 0.15) is 0 Å². The molecule has 0 aromatic carbocycles. The van der Waals surface area contributed by atoms with Gasteiger partial charge in [0, 0.05) is 6.54 Å². The molecular formula is C14H17NO4. The summed E-state index contributed by atoms with van der Waals surface area (Å²) in [5.41, 5.74) is 0. The molecule has 2 aliphatic rings. The van der Waals surface area contributed by atoms with E-state index in [0.29, 0.717) is 12.5 Å². The van der Waals surface area contributed by atoms with Gasteiger partial charge in [0.15, 0.2) is 5.76 Å². The molecule has 0 spiro atoms. The highest BCUT2D eigenvalue weighted by Crippen LogP contribution is 2.48. The number of furan rings is 1. The lowest BCUT2D eigenvalue weighted by Gasteiger charge is -2.15. The summed E-state index contributed by atoms with van der Waals surface area (Å²) in [4.78, 5) is 22.5. The summed E-state index contributed by atoms with van der Waals surface area (Å²) in [6.07, 6.45) is 5.11. The third-order valence-electron chi connectivity index (χ3n) is 3.99. The maximum Gasteiger partial charge on any atom is 0.371 e. The van der Waals surface area contributed by atoms with E-state index in [9.17, 15) is 9.59 Å². The Kier molecular flexibility index (Phi) is 3.05. The van der Waals surface area contributed by atoms with E-state index in [-0.39, 0.29) is 17.4 Å². The second kappa shape index (κ2) is 4.72. The van der Waals surface area contributed by atoms with Crippen LogP contribution in [0.25, 0.3) is 0 Å². The topological polar surface area (TPSA) is 79.5 Å². The molecule has 0 radical (unpaired) electrons. The number of carbonyl (C=O) groups is 2. The van der Waals surface area contributed by atoms with E-state index in [4.69, 9.17) is 9.52 Å². The average Bonchev–Trinajstić information content (AvgIpc) is 3.30. The average molecular weight is 263 g/mol. The van der Waals surface area contributed by atoms with E-state index in [0.717, 1.165) is 11.8 Å². The molecule has 0 aliphatic heterocycles. The van der Waals surface area contributed by atoms with Crippen molar-refractivity contribution in [1.29, 1.82) is 0 Å². The molecule has 2 saturated carbocycles. The van der Waals surface area contributed by atoms with Crippen molar-refractivity contribution in [2.24, 2.45) is 17.8 Å². The monoisotopic (exact) mass is 263 g/mol. The van der Waals surface area contributed by atoms with Crippen LogP contribution in [-0.4, -0.2) is 23.5 Å². The van der Waals surface area contributed by atoms with Crippen molar-refractivity contribution in [3.8, 4) is 0 Å². The first kappa shape index (κ1) is 12.3. The molecule has 2 fully saturated rings. The molecule has 19 heavy (non-hydrogen) atoms. The first-order chi connectivity index (χ1) is 9.15. The molecule has 102 valence electrons. The molecule has 1 heterocycles. The molecule has 0 saturated heterocycles. The van der Waals surface area contributed by atoms with Gasteiger partial charge in [-0.15, -0.1) is 0 Å². The van der Waals surface area contributed by atoms with E-state index in [1.54, 1.807) is 0 Å². The zero-order valence-corrected chi connectivity index (χ0v) is 10.6. The highest BCUT2D eigenvalue weighted by atomic mass is 16.4. The maximum atomic E-state index is 11.9. The molecule has 3 rings (SSSR count). The van der Waals surface area contributed by atoms with Gasteiger partial charge < -0.3 is 14.8 Å². The predicted molar refractivity (Wildman–Crippen MR) is 66.9 cm³/mol. The Morgan fingerprint density at radius 1 is 1.21 bits per heavy atom. The van der Waals surface area contributed by atoms with Crippen LogP contribution in [0.2, 0.25) is 0 Å². The number of carboxylic acids is 1. The van der Waals surface area contributed by atoms with Crippen LogP contribution < -0.4 is 5.32 Å². The van der Waals surface area contributed by atoms with Crippen LogP contribution in [0.4, 0.5) is 0 Å². The Morgan fingerprint density at radius 3 is 2.26 bits per heavy atom. The second-order valence-corrected chi connectivity index (χ2v) is 5.52. The van der Waals surface area contributed by atoms with Gasteiger partial charge >= 0.3 is 5.97 Å². The van der Waals surface area contributed by atoms with E-state index in [1.807, 2.05) is 0 Å². The van der Waals surface area contributed by atoms with Crippen molar-refractivity contribution < 1.29 is 19.1 Å². The maximum absolute atomic E-state index is 11.9. The number of carboxylic acid groups (broad SMARTS) is 1. The van der Waals surface area contributed by atoms with Crippen LogP contribution >= 0.6 is 0 Å². The van der Waals surface area contributed by atoms with Crippen LogP contribution in [0, 0.1) is 17.8 Å². The Hall–Kier alpha value is -1.78. The Bertz CT molecular complexity index is 487. The lowest BCUT2D eigenvalue weighted by Crippen LogP contribution is -2.30. The zero-order chi connectivity index (χ0) is 13.4. The summed E-state index contributed by atoms with van der Waals surface area (Å²) in [6, 6.07) is 2.71. The molecule has 1 aromatic heterocycles. The Labute approximate surface area is 111 Å². The van der Waals surface area contributed by atoms with Crippen LogP contribution in [0.5, 0.6) is 0 Å². The highest BCUT2D eigenvalue weighted by molar-refractivity contribution is 5.93. The molecule has 2 N–H and O–H groups in total. The van der Waals surface area contributed by atoms with E-state index < -0.39 is 5.97 Å².